The monoisotopic (exact) mass is 362 g/mol. The van der Waals surface area contributed by atoms with Gasteiger partial charge in [0.15, 0.2) is 0 Å². The zero-order valence-electron chi connectivity index (χ0n) is 14.1. The van der Waals surface area contributed by atoms with E-state index in [-0.39, 0.29) is 16.8 Å². The summed E-state index contributed by atoms with van der Waals surface area (Å²) in [6.45, 7) is 3.92. The van der Waals surface area contributed by atoms with Crippen molar-refractivity contribution in [2.24, 2.45) is 0 Å². The minimum Gasteiger partial charge on any atom is -0.489 e. The molecule has 3 aromatic rings. The molecule has 7 heteroatoms. The molecule has 27 heavy (non-hydrogen) atoms. The molecule has 0 atom stereocenters. The molecule has 134 valence electrons. The first-order valence-electron chi connectivity index (χ1n) is 8.15. The van der Waals surface area contributed by atoms with E-state index in [1.54, 1.807) is 42.5 Å². The third kappa shape index (κ3) is 2.75. The Hall–Kier alpha value is -3.87. The third-order valence-corrected chi connectivity index (χ3v) is 4.13. The number of benzene rings is 2. The van der Waals surface area contributed by atoms with Crippen molar-refractivity contribution in [3.05, 3.63) is 78.0 Å². The van der Waals surface area contributed by atoms with E-state index in [0.717, 1.165) is 0 Å². The quantitative estimate of drug-likeness (QED) is 0.556. The Morgan fingerprint density at radius 1 is 1.07 bits per heavy atom. The van der Waals surface area contributed by atoms with Crippen LogP contribution >= 0.6 is 0 Å². The van der Waals surface area contributed by atoms with Gasteiger partial charge in [0.05, 0.1) is 11.1 Å². The van der Waals surface area contributed by atoms with Crippen LogP contribution in [0, 0.1) is 0 Å². The number of aromatic nitrogens is 1. The molecule has 1 aliphatic rings. The van der Waals surface area contributed by atoms with E-state index < -0.39 is 17.8 Å². The molecule has 1 aliphatic heterocycles. The van der Waals surface area contributed by atoms with Crippen molar-refractivity contribution in [2.45, 2.75) is 0 Å². The summed E-state index contributed by atoms with van der Waals surface area (Å²) in [7, 11) is 0. The minimum absolute atomic E-state index is 0.0937. The standard InChI is InChI=1S/C20H14N2O5/c1-2-10-26-17-9-5-8-15-14(17)11-16(21-15)20(25)27-22-18(23)12-6-3-4-7-13(12)19(22)24/h2-9,11,21H,1,10H2. The van der Waals surface area contributed by atoms with Gasteiger partial charge in [0.2, 0.25) is 0 Å². The maximum absolute atomic E-state index is 12.5. The second kappa shape index (κ2) is 6.45. The molecule has 7 nitrogen and oxygen atoms in total. The van der Waals surface area contributed by atoms with E-state index in [1.807, 2.05) is 0 Å². The van der Waals surface area contributed by atoms with Gasteiger partial charge in [-0.1, -0.05) is 35.9 Å². The number of imide groups is 1. The fraction of sp³-hybridized carbons (Fsp3) is 0.0500. The Labute approximate surface area is 153 Å². The zero-order chi connectivity index (χ0) is 19.0. The molecular formula is C20H14N2O5. The summed E-state index contributed by atoms with van der Waals surface area (Å²) in [5.41, 5.74) is 1.15. The number of nitrogens with one attached hydrogen (secondary N) is 1. The van der Waals surface area contributed by atoms with Crippen LogP contribution in [-0.2, 0) is 4.84 Å². The maximum atomic E-state index is 12.5. The van der Waals surface area contributed by atoms with E-state index in [1.165, 1.54) is 12.1 Å². The number of amides is 2. The van der Waals surface area contributed by atoms with E-state index in [4.69, 9.17) is 9.57 Å². The van der Waals surface area contributed by atoms with Crippen molar-refractivity contribution in [1.82, 2.24) is 10.0 Å². The van der Waals surface area contributed by atoms with E-state index in [2.05, 4.69) is 11.6 Å². The molecule has 0 bridgehead atoms. The first kappa shape index (κ1) is 16.6. The average molecular weight is 362 g/mol. The number of carbonyl (C=O) groups is 3. The lowest BCUT2D eigenvalue weighted by Crippen LogP contribution is -2.32. The normalized spacial score (nSPS) is 13.0. The molecule has 0 fully saturated rings. The smallest absolute Gasteiger partial charge is 0.380 e. The highest BCUT2D eigenvalue weighted by atomic mass is 16.7. The van der Waals surface area contributed by atoms with Crippen molar-refractivity contribution in [3.63, 3.8) is 0 Å². The predicted octanol–water partition coefficient (Wildman–Crippen LogP) is 3.10. The molecule has 0 aliphatic carbocycles. The Morgan fingerprint density at radius 2 is 1.78 bits per heavy atom. The number of nitrogens with zero attached hydrogens (tertiary/aromatic N) is 1. The molecule has 0 saturated carbocycles. The number of H-pyrrole nitrogens is 1. The number of ether oxygens (including phenoxy) is 1. The van der Waals surface area contributed by atoms with Gasteiger partial charge in [-0.25, -0.2) is 4.79 Å². The van der Waals surface area contributed by atoms with Crippen molar-refractivity contribution in [1.29, 1.82) is 0 Å². The van der Waals surface area contributed by atoms with Crippen LogP contribution in [0.5, 0.6) is 5.75 Å². The van der Waals surface area contributed by atoms with Gasteiger partial charge in [-0.2, -0.15) is 0 Å². The Kier molecular flexibility index (Phi) is 3.97. The maximum Gasteiger partial charge on any atom is 0.380 e. The molecule has 0 radical (unpaired) electrons. The molecule has 0 saturated heterocycles. The summed E-state index contributed by atoms with van der Waals surface area (Å²) in [4.78, 5) is 45.1. The Bertz CT molecular complexity index is 1060. The summed E-state index contributed by atoms with van der Waals surface area (Å²) in [5, 5.41) is 1.15. The molecule has 2 aromatic carbocycles. The van der Waals surface area contributed by atoms with E-state index in [0.29, 0.717) is 28.3 Å². The predicted molar refractivity (Wildman–Crippen MR) is 96.3 cm³/mol. The highest BCUT2D eigenvalue weighted by Gasteiger charge is 2.39. The van der Waals surface area contributed by atoms with Gasteiger partial charge in [0.1, 0.15) is 18.1 Å². The number of rotatable bonds is 5. The van der Waals surface area contributed by atoms with Crippen LogP contribution in [0.15, 0.2) is 61.2 Å². The van der Waals surface area contributed by atoms with Crippen LogP contribution in [0.25, 0.3) is 10.9 Å². The lowest BCUT2D eigenvalue weighted by atomic mass is 10.1. The average Bonchev–Trinajstić information content (AvgIpc) is 3.23. The van der Waals surface area contributed by atoms with E-state index >= 15 is 0 Å². The van der Waals surface area contributed by atoms with Gasteiger partial charge in [-0.15, -0.1) is 0 Å². The first-order valence-corrected chi connectivity index (χ1v) is 8.15. The number of hydroxylamine groups is 2. The van der Waals surface area contributed by atoms with Crippen LogP contribution in [-0.4, -0.2) is 34.4 Å². The summed E-state index contributed by atoms with van der Waals surface area (Å²) in [5.74, 6) is -1.62. The minimum atomic E-state index is -0.852. The molecule has 0 unspecified atom stereocenters. The van der Waals surface area contributed by atoms with Crippen LogP contribution in [0.1, 0.15) is 31.2 Å². The van der Waals surface area contributed by atoms with Gasteiger partial charge >= 0.3 is 5.97 Å². The third-order valence-electron chi connectivity index (χ3n) is 4.13. The second-order valence-corrected chi connectivity index (χ2v) is 5.83. The number of hydrogen-bond acceptors (Lipinski definition) is 5. The van der Waals surface area contributed by atoms with Gasteiger partial charge < -0.3 is 14.6 Å². The Morgan fingerprint density at radius 3 is 2.44 bits per heavy atom. The number of aromatic amines is 1. The molecule has 2 amide bonds. The number of carbonyl (C=O) groups excluding carboxylic acids is 3. The van der Waals surface area contributed by atoms with Crippen LogP contribution in [0.4, 0.5) is 0 Å². The van der Waals surface area contributed by atoms with Gasteiger partial charge in [-0.05, 0) is 30.3 Å². The number of fused-ring (bicyclic) bond motifs is 2. The number of hydrogen-bond donors (Lipinski definition) is 1. The van der Waals surface area contributed by atoms with Gasteiger partial charge in [0, 0.05) is 10.9 Å². The summed E-state index contributed by atoms with van der Waals surface area (Å²) >= 11 is 0. The topological polar surface area (TPSA) is 88.7 Å². The largest absolute Gasteiger partial charge is 0.489 e. The van der Waals surface area contributed by atoms with Crippen molar-refractivity contribution < 1.29 is 24.0 Å². The van der Waals surface area contributed by atoms with Gasteiger partial charge in [0.25, 0.3) is 11.8 Å². The molecular weight excluding hydrogens is 348 g/mol. The molecule has 0 spiro atoms. The van der Waals surface area contributed by atoms with Gasteiger partial charge in [-0.3, -0.25) is 9.59 Å². The molecule has 2 heterocycles. The fourth-order valence-electron chi connectivity index (χ4n) is 2.89. The molecule has 1 N–H and O–H groups in total. The van der Waals surface area contributed by atoms with Crippen molar-refractivity contribution in [3.8, 4) is 5.75 Å². The summed E-state index contributed by atoms with van der Waals surface area (Å²) in [6.07, 6.45) is 1.61. The van der Waals surface area contributed by atoms with Crippen LogP contribution < -0.4 is 4.74 Å². The SMILES string of the molecule is C=CCOc1cccc2[nH]c(C(=O)ON3C(=O)c4ccccc4C3=O)cc12. The lowest BCUT2D eigenvalue weighted by Gasteiger charge is -2.11. The lowest BCUT2D eigenvalue weighted by molar-refractivity contribution is -0.0587. The first-order chi connectivity index (χ1) is 13.1. The fourth-order valence-corrected chi connectivity index (χ4v) is 2.89. The molecule has 4 rings (SSSR count). The summed E-state index contributed by atoms with van der Waals surface area (Å²) in [6, 6.07) is 13.2. The van der Waals surface area contributed by atoms with Crippen molar-refractivity contribution in [2.75, 3.05) is 6.61 Å². The zero-order valence-corrected chi connectivity index (χ0v) is 14.1. The summed E-state index contributed by atoms with van der Waals surface area (Å²) < 4.78 is 5.56. The second-order valence-electron chi connectivity index (χ2n) is 5.83. The highest BCUT2D eigenvalue weighted by Crippen LogP contribution is 2.28. The molecule has 1 aromatic heterocycles. The van der Waals surface area contributed by atoms with E-state index in [9.17, 15) is 14.4 Å². The van der Waals surface area contributed by atoms with Crippen LogP contribution in [0.2, 0.25) is 0 Å². The highest BCUT2D eigenvalue weighted by molar-refractivity contribution is 6.21. The van der Waals surface area contributed by atoms with Crippen LogP contribution in [0.3, 0.4) is 0 Å². The van der Waals surface area contributed by atoms with Crippen molar-refractivity contribution >= 4 is 28.7 Å². The Balaban J connectivity index is 1.60.